The maximum Gasteiger partial charge on any atom is 0.260 e. The van der Waals surface area contributed by atoms with Crippen LogP contribution in [0.25, 0.3) is 10.2 Å². The lowest BCUT2D eigenvalue weighted by molar-refractivity contribution is -0.906. The third-order valence-corrected chi connectivity index (χ3v) is 6.35. The molecule has 1 saturated heterocycles. The molecule has 7 heteroatoms. The first-order valence-electron chi connectivity index (χ1n) is 10.0. The van der Waals surface area contributed by atoms with Gasteiger partial charge in [0.2, 0.25) is 0 Å². The van der Waals surface area contributed by atoms with E-state index in [2.05, 4.69) is 13.0 Å². The fraction of sp³-hybridized carbons (Fsp3) is 0.364. The predicted octanol–water partition coefficient (Wildman–Crippen LogP) is 2.56. The number of hydrogen-bond acceptors (Lipinski definition) is 4. The zero-order valence-electron chi connectivity index (χ0n) is 16.5. The van der Waals surface area contributed by atoms with E-state index in [1.165, 1.54) is 33.9 Å². The second kappa shape index (κ2) is 8.98. The van der Waals surface area contributed by atoms with Crippen molar-refractivity contribution >= 4 is 32.6 Å². The van der Waals surface area contributed by atoms with E-state index in [1.54, 1.807) is 17.0 Å². The lowest BCUT2D eigenvalue weighted by Crippen LogP contribution is -3.14. The average molecular weight is 415 g/mol. The van der Waals surface area contributed by atoms with E-state index in [9.17, 15) is 9.18 Å². The first-order chi connectivity index (χ1) is 14.2. The summed E-state index contributed by atoms with van der Waals surface area (Å²) in [6.45, 7) is 6.80. The Bertz CT molecular complexity index is 1000. The van der Waals surface area contributed by atoms with Crippen molar-refractivity contribution in [1.29, 1.82) is 0 Å². The third kappa shape index (κ3) is 4.47. The Labute approximate surface area is 173 Å². The highest BCUT2D eigenvalue weighted by Crippen LogP contribution is 2.31. The number of thiazole rings is 1. The summed E-state index contributed by atoms with van der Waals surface area (Å²) in [5.74, 6) is -0.624. The molecule has 0 bridgehead atoms. The molecule has 29 heavy (non-hydrogen) atoms. The van der Waals surface area contributed by atoms with Gasteiger partial charge in [-0.1, -0.05) is 36.5 Å². The van der Waals surface area contributed by atoms with Crippen LogP contribution in [0.15, 0.2) is 42.5 Å². The van der Waals surface area contributed by atoms with Crippen LogP contribution < -0.4 is 9.80 Å². The predicted molar refractivity (Wildman–Crippen MR) is 113 cm³/mol. The van der Waals surface area contributed by atoms with Crippen LogP contribution in [0.4, 0.5) is 9.52 Å². The molecule has 1 aliphatic heterocycles. The summed E-state index contributed by atoms with van der Waals surface area (Å²) in [5, 5.41) is 0.669. The average Bonchev–Trinajstić information content (AvgIpc) is 3.18. The number of nitrogens with zero attached hydrogens (tertiary/aromatic N) is 2. The minimum Gasteiger partial charge on any atom is -0.370 e. The number of amides is 1. The molecule has 0 spiro atoms. The second-order valence-electron chi connectivity index (χ2n) is 7.19. The van der Waals surface area contributed by atoms with E-state index < -0.39 is 5.82 Å². The Morgan fingerprint density at radius 2 is 2.03 bits per heavy atom. The van der Waals surface area contributed by atoms with Crippen LogP contribution in [0.1, 0.15) is 22.8 Å². The molecule has 1 N–H and O–H groups in total. The van der Waals surface area contributed by atoms with Gasteiger partial charge in [0.25, 0.3) is 5.91 Å². The summed E-state index contributed by atoms with van der Waals surface area (Å²) < 4.78 is 20.2. The quantitative estimate of drug-likeness (QED) is 0.674. The highest BCUT2D eigenvalue weighted by molar-refractivity contribution is 7.22. The van der Waals surface area contributed by atoms with Crippen LogP contribution in [0.3, 0.4) is 0 Å². The smallest absolute Gasteiger partial charge is 0.260 e. The molecule has 0 aliphatic carbocycles. The molecular weight excluding hydrogens is 389 g/mol. The van der Waals surface area contributed by atoms with Crippen LogP contribution in [-0.4, -0.2) is 50.3 Å². The van der Waals surface area contributed by atoms with Crippen LogP contribution in [0.2, 0.25) is 0 Å². The van der Waals surface area contributed by atoms with Gasteiger partial charge in [0, 0.05) is 5.56 Å². The number of fused-ring (bicyclic) bond motifs is 1. The Balaban J connectivity index is 1.66. The molecular formula is C22H25FN3O2S+. The van der Waals surface area contributed by atoms with Gasteiger partial charge in [0.1, 0.15) is 18.9 Å². The lowest BCUT2D eigenvalue weighted by Gasteiger charge is -2.27. The Morgan fingerprint density at radius 3 is 2.79 bits per heavy atom. The molecule has 1 amide bonds. The number of carbonyl (C=O) groups excluding carboxylic acids is 1. The van der Waals surface area contributed by atoms with Crippen molar-refractivity contribution in [2.24, 2.45) is 0 Å². The normalized spacial score (nSPS) is 15.0. The van der Waals surface area contributed by atoms with Crippen molar-refractivity contribution in [3.8, 4) is 0 Å². The summed E-state index contributed by atoms with van der Waals surface area (Å²) in [7, 11) is 0. The number of morpholine rings is 1. The molecule has 2 aromatic carbocycles. The molecule has 1 aliphatic rings. The number of quaternary nitrogens is 1. The maximum atomic E-state index is 13.7. The summed E-state index contributed by atoms with van der Waals surface area (Å²) in [5.41, 5.74) is 2.46. The van der Waals surface area contributed by atoms with Crippen LogP contribution in [0, 0.1) is 5.82 Å². The first-order valence-corrected chi connectivity index (χ1v) is 10.8. The molecule has 1 aromatic heterocycles. The first kappa shape index (κ1) is 19.9. The van der Waals surface area contributed by atoms with Crippen LogP contribution in [0.5, 0.6) is 0 Å². The van der Waals surface area contributed by atoms with Gasteiger partial charge < -0.3 is 9.64 Å². The van der Waals surface area contributed by atoms with E-state index in [4.69, 9.17) is 9.72 Å². The molecule has 3 aromatic rings. The van der Waals surface area contributed by atoms with Gasteiger partial charge in [0.15, 0.2) is 5.13 Å². The fourth-order valence-electron chi connectivity index (χ4n) is 3.64. The van der Waals surface area contributed by atoms with Crippen LogP contribution in [-0.2, 0) is 11.2 Å². The number of aromatic nitrogens is 1. The number of carbonyl (C=O) groups is 1. The van der Waals surface area contributed by atoms with Gasteiger partial charge >= 0.3 is 0 Å². The van der Waals surface area contributed by atoms with Gasteiger partial charge in [-0.25, -0.2) is 9.37 Å². The molecule has 152 valence electrons. The molecule has 2 heterocycles. The summed E-state index contributed by atoms with van der Waals surface area (Å²) in [6.07, 6.45) is 0.885. The molecule has 0 atom stereocenters. The van der Waals surface area contributed by atoms with E-state index in [-0.39, 0.29) is 5.91 Å². The molecule has 1 fully saturated rings. The van der Waals surface area contributed by atoms with E-state index in [0.717, 1.165) is 49.5 Å². The van der Waals surface area contributed by atoms with Crippen LogP contribution >= 0.6 is 11.3 Å². The van der Waals surface area contributed by atoms with E-state index >= 15 is 0 Å². The van der Waals surface area contributed by atoms with E-state index in [0.29, 0.717) is 17.2 Å². The minimum absolute atomic E-state index is 0.214. The summed E-state index contributed by atoms with van der Waals surface area (Å²) in [4.78, 5) is 21.2. The van der Waals surface area contributed by atoms with Gasteiger partial charge in [-0.15, -0.1) is 0 Å². The standard InChI is InChI=1S/C22H24FN3O2S/c1-2-16-5-4-8-19-20(16)24-22(29-19)26(10-9-25-11-13-28-14-12-25)21(27)17-6-3-7-18(23)15-17/h3-8,15H,2,9-14H2,1H3/p+1. The number of anilines is 1. The molecule has 5 nitrogen and oxygen atoms in total. The van der Waals surface area contributed by atoms with Crippen molar-refractivity contribution in [1.82, 2.24) is 4.98 Å². The second-order valence-corrected chi connectivity index (χ2v) is 8.20. The zero-order valence-corrected chi connectivity index (χ0v) is 17.3. The Hall–Kier alpha value is -2.35. The maximum absolute atomic E-state index is 13.7. The highest BCUT2D eigenvalue weighted by atomic mass is 32.1. The molecule has 4 rings (SSSR count). The number of hydrogen-bond donors (Lipinski definition) is 1. The lowest BCUT2D eigenvalue weighted by atomic mass is 10.1. The number of aryl methyl sites for hydroxylation is 1. The van der Waals surface area contributed by atoms with Crippen molar-refractivity contribution in [3.05, 3.63) is 59.4 Å². The topological polar surface area (TPSA) is 46.9 Å². The highest BCUT2D eigenvalue weighted by Gasteiger charge is 2.24. The number of nitrogens with one attached hydrogen (secondary N) is 1. The largest absolute Gasteiger partial charge is 0.370 e. The van der Waals surface area contributed by atoms with Gasteiger partial charge in [-0.05, 0) is 36.2 Å². The summed E-state index contributed by atoms with van der Waals surface area (Å²) >= 11 is 1.51. The minimum atomic E-state index is -0.410. The molecule has 0 saturated carbocycles. The number of halogens is 1. The Morgan fingerprint density at radius 1 is 1.24 bits per heavy atom. The van der Waals surface area contributed by atoms with Crippen molar-refractivity contribution in [3.63, 3.8) is 0 Å². The van der Waals surface area contributed by atoms with Crippen molar-refractivity contribution < 1.29 is 18.8 Å². The number of para-hydroxylation sites is 1. The number of rotatable bonds is 6. The molecule has 0 radical (unpaired) electrons. The van der Waals surface area contributed by atoms with Crippen molar-refractivity contribution in [2.45, 2.75) is 13.3 Å². The fourth-order valence-corrected chi connectivity index (χ4v) is 4.67. The van der Waals surface area contributed by atoms with Gasteiger partial charge in [-0.3, -0.25) is 9.69 Å². The zero-order chi connectivity index (χ0) is 20.2. The monoisotopic (exact) mass is 414 g/mol. The van der Waals surface area contributed by atoms with Gasteiger partial charge in [-0.2, -0.15) is 0 Å². The number of benzene rings is 2. The van der Waals surface area contributed by atoms with E-state index in [1.807, 2.05) is 12.1 Å². The number of ether oxygens (including phenoxy) is 1. The Kier molecular flexibility index (Phi) is 6.18. The SMILES string of the molecule is CCc1cccc2sc(N(CC[NH+]3CCOCC3)C(=O)c3cccc(F)c3)nc12. The third-order valence-electron chi connectivity index (χ3n) is 5.31. The summed E-state index contributed by atoms with van der Waals surface area (Å²) in [6, 6.07) is 12.0. The van der Waals surface area contributed by atoms with Gasteiger partial charge in [0.05, 0.1) is 36.5 Å². The molecule has 0 unspecified atom stereocenters. The van der Waals surface area contributed by atoms with Crippen molar-refractivity contribution in [2.75, 3.05) is 44.3 Å².